The zero-order valence-corrected chi connectivity index (χ0v) is 16.0. The van der Waals surface area contributed by atoms with Gasteiger partial charge in [-0.15, -0.1) is 0 Å². The number of benzene rings is 2. The van der Waals surface area contributed by atoms with E-state index in [1.54, 1.807) is 0 Å². The first-order chi connectivity index (χ1) is 14.1. The number of aromatic nitrogens is 1. The highest BCUT2D eigenvalue weighted by Gasteiger charge is 2.56. The highest BCUT2D eigenvalue weighted by Crippen LogP contribution is 2.38. The van der Waals surface area contributed by atoms with Gasteiger partial charge in [-0.1, -0.05) is 17.7 Å². The third-order valence-electron chi connectivity index (χ3n) is 4.35. The second kappa shape index (κ2) is 7.60. The molecule has 0 spiro atoms. The SMILES string of the molecule is CC(=O)OC(C(=O)O)(C(=O)O)c1c(C(=O)c2ccc(F)cc2)[nH]c2cc(Cl)ccc12. The Kier molecular flexibility index (Phi) is 5.32. The van der Waals surface area contributed by atoms with Gasteiger partial charge in [0.05, 0.1) is 11.3 Å². The molecule has 0 unspecified atom stereocenters. The van der Waals surface area contributed by atoms with Gasteiger partial charge in [-0.25, -0.2) is 14.0 Å². The number of H-pyrrole nitrogens is 1. The molecule has 0 radical (unpaired) electrons. The second-order valence-corrected chi connectivity index (χ2v) is 6.72. The molecule has 10 heteroatoms. The molecule has 0 saturated carbocycles. The number of ether oxygens (including phenoxy) is 1. The Morgan fingerprint density at radius 1 is 1.03 bits per heavy atom. The van der Waals surface area contributed by atoms with Crippen LogP contribution in [-0.4, -0.2) is 38.9 Å². The first kappa shape index (κ1) is 21.0. The number of aliphatic carboxylic acids is 2. The highest BCUT2D eigenvalue weighted by molar-refractivity contribution is 6.31. The number of esters is 1. The number of hydrogen-bond donors (Lipinski definition) is 3. The summed E-state index contributed by atoms with van der Waals surface area (Å²) in [7, 11) is 0. The van der Waals surface area contributed by atoms with Crippen molar-refractivity contribution in [3.8, 4) is 0 Å². The van der Waals surface area contributed by atoms with Crippen molar-refractivity contribution < 1.29 is 38.5 Å². The molecule has 0 atom stereocenters. The van der Waals surface area contributed by atoms with Crippen molar-refractivity contribution in [2.24, 2.45) is 0 Å². The second-order valence-electron chi connectivity index (χ2n) is 6.29. The van der Waals surface area contributed by atoms with Crippen molar-refractivity contribution in [2.45, 2.75) is 12.5 Å². The van der Waals surface area contributed by atoms with Gasteiger partial charge < -0.3 is 19.9 Å². The van der Waals surface area contributed by atoms with Gasteiger partial charge in [-0.05, 0) is 36.4 Å². The maximum atomic E-state index is 13.2. The summed E-state index contributed by atoms with van der Waals surface area (Å²) in [5.74, 6) is -6.68. The van der Waals surface area contributed by atoms with E-state index in [0.717, 1.165) is 31.2 Å². The number of ketones is 1. The average molecular weight is 434 g/mol. The Hall–Kier alpha value is -3.72. The minimum absolute atomic E-state index is 0.00379. The molecule has 0 aliphatic heterocycles. The van der Waals surface area contributed by atoms with Gasteiger partial charge in [-0.2, -0.15) is 0 Å². The topological polar surface area (TPSA) is 134 Å². The molecule has 3 rings (SSSR count). The summed E-state index contributed by atoms with van der Waals surface area (Å²) in [5.41, 5.74) is -4.17. The number of carbonyl (C=O) groups excluding carboxylic acids is 2. The number of carboxylic acids is 2. The zero-order chi connectivity index (χ0) is 22.2. The van der Waals surface area contributed by atoms with Gasteiger partial charge in [0.2, 0.25) is 5.78 Å². The Morgan fingerprint density at radius 2 is 1.63 bits per heavy atom. The van der Waals surface area contributed by atoms with Gasteiger partial charge in [0.25, 0.3) is 0 Å². The van der Waals surface area contributed by atoms with Crippen LogP contribution in [0.25, 0.3) is 10.9 Å². The van der Waals surface area contributed by atoms with Crippen molar-refractivity contribution in [1.82, 2.24) is 4.98 Å². The quantitative estimate of drug-likeness (QED) is 0.309. The van der Waals surface area contributed by atoms with Crippen LogP contribution in [0.15, 0.2) is 42.5 Å². The molecule has 8 nitrogen and oxygen atoms in total. The van der Waals surface area contributed by atoms with Gasteiger partial charge in [0, 0.05) is 28.4 Å². The van der Waals surface area contributed by atoms with Gasteiger partial charge in [0.1, 0.15) is 5.82 Å². The standard InChI is InChI=1S/C20H13ClFNO7/c1-9(24)30-20(18(26)27,19(28)29)15-13-7-4-11(21)8-14(13)23-16(15)17(25)10-2-5-12(22)6-3-10/h2-8,23H,1H3,(H,26,27)(H,28,29). The first-order valence-corrected chi connectivity index (χ1v) is 8.74. The van der Waals surface area contributed by atoms with Crippen LogP contribution in [0.4, 0.5) is 4.39 Å². The Balaban J connectivity index is 2.41. The van der Waals surface area contributed by atoms with Crippen LogP contribution in [0.2, 0.25) is 5.02 Å². The average Bonchev–Trinajstić information content (AvgIpc) is 3.04. The molecule has 154 valence electrons. The number of fused-ring (bicyclic) bond motifs is 1. The summed E-state index contributed by atoms with van der Waals surface area (Å²) in [6, 6.07) is 8.33. The molecule has 1 heterocycles. The molecule has 0 amide bonds. The van der Waals surface area contributed by atoms with Crippen LogP contribution < -0.4 is 0 Å². The van der Waals surface area contributed by atoms with E-state index >= 15 is 0 Å². The molecule has 0 bridgehead atoms. The van der Waals surface area contributed by atoms with E-state index in [0.29, 0.717) is 0 Å². The molecule has 1 aromatic heterocycles. The highest BCUT2D eigenvalue weighted by atomic mass is 35.5. The van der Waals surface area contributed by atoms with Crippen LogP contribution in [0.5, 0.6) is 0 Å². The van der Waals surface area contributed by atoms with Crippen LogP contribution in [-0.2, 0) is 24.7 Å². The summed E-state index contributed by atoms with van der Waals surface area (Å²) in [6.45, 7) is 0.841. The minimum atomic E-state index is -3.22. The minimum Gasteiger partial charge on any atom is -0.478 e. The number of rotatable bonds is 6. The van der Waals surface area contributed by atoms with E-state index < -0.39 is 46.4 Å². The molecule has 2 aromatic carbocycles. The van der Waals surface area contributed by atoms with Crippen molar-refractivity contribution >= 4 is 46.2 Å². The van der Waals surface area contributed by atoms with E-state index in [1.807, 2.05) is 0 Å². The summed E-state index contributed by atoms with van der Waals surface area (Å²) >= 11 is 5.95. The van der Waals surface area contributed by atoms with E-state index in [9.17, 15) is 33.8 Å². The number of carboxylic acid groups (broad SMARTS) is 2. The normalized spacial score (nSPS) is 11.3. The molecule has 0 fully saturated rings. The lowest BCUT2D eigenvalue weighted by Gasteiger charge is -2.25. The fourth-order valence-corrected chi connectivity index (χ4v) is 3.28. The third-order valence-corrected chi connectivity index (χ3v) is 4.58. The number of carbonyl (C=O) groups is 4. The maximum Gasteiger partial charge on any atom is 0.365 e. The van der Waals surface area contributed by atoms with E-state index in [-0.39, 0.29) is 21.5 Å². The fourth-order valence-electron chi connectivity index (χ4n) is 3.11. The molecule has 3 aromatic rings. The van der Waals surface area contributed by atoms with Crippen LogP contribution >= 0.6 is 11.6 Å². The predicted octanol–water partition coefficient (Wildman–Crippen LogP) is 3.12. The third kappa shape index (κ3) is 3.39. The Morgan fingerprint density at radius 3 is 2.17 bits per heavy atom. The molecular formula is C20H13ClFNO7. The van der Waals surface area contributed by atoms with E-state index in [2.05, 4.69) is 4.98 Å². The summed E-state index contributed by atoms with van der Waals surface area (Å²) < 4.78 is 18.0. The van der Waals surface area contributed by atoms with E-state index in [1.165, 1.54) is 18.2 Å². The van der Waals surface area contributed by atoms with E-state index in [4.69, 9.17) is 16.3 Å². The maximum absolute atomic E-state index is 13.2. The number of aromatic amines is 1. The summed E-state index contributed by atoms with van der Waals surface area (Å²) in [6.07, 6.45) is 0. The van der Waals surface area contributed by atoms with Crippen LogP contribution in [0.3, 0.4) is 0 Å². The number of nitrogens with one attached hydrogen (secondary N) is 1. The molecule has 3 N–H and O–H groups in total. The van der Waals surface area contributed by atoms with Crippen LogP contribution in [0.1, 0.15) is 28.5 Å². The lowest BCUT2D eigenvalue weighted by molar-refractivity contribution is -0.191. The van der Waals surface area contributed by atoms with Gasteiger partial charge in [-0.3, -0.25) is 9.59 Å². The lowest BCUT2D eigenvalue weighted by atomic mass is 9.88. The number of hydrogen-bond acceptors (Lipinski definition) is 5. The first-order valence-electron chi connectivity index (χ1n) is 8.36. The zero-order valence-electron chi connectivity index (χ0n) is 15.2. The summed E-state index contributed by atoms with van der Waals surface area (Å²) in [4.78, 5) is 51.6. The number of halogens is 2. The van der Waals surface area contributed by atoms with Crippen molar-refractivity contribution in [1.29, 1.82) is 0 Å². The molecule has 0 aliphatic carbocycles. The Labute approximate surface area is 172 Å². The van der Waals surface area contributed by atoms with Gasteiger partial charge in [0.15, 0.2) is 0 Å². The molecule has 0 aliphatic rings. The monoisotopic (exact) mass is 433 g/mol. The van der Waals surface area contributed by atoms with Crippen molar-refractivity contribution in [2.75, 3.05) is 0 Å². The van der Waals surface area contributed by atoms with Crippen molar-refractivity contribution in [3.63, 3.8) is 0 Å². The summed E-state index contributed by atoms with van der Waals surface area (Å²) in [5, 5.41) is 19.8. The molecule has 30 heavy (non-hydrogen) atoms. The largest absolute Gasteiger partial charge is 0.478 e. The van der Waals surface area contributed by atoms with Crippen LogP contribution in [0, 0.1) is 5.82 Å². The van der Waals surface area contributed by atoms with Gasteiger partial charge >= 0.3 is 23.5 Å². The lowest BCUT2D eigenvalue weighted by Crippen LogP contribution is -2.48. The van der Waals surface area contributed by atoms with Crippen molar-refractivity contribution in [3.05, 3.63) is 70.1 Å². The molecule has 0 saturated heterocycles. The predicted molar refractivity (Wildman–Crippen MR) is 102 cm³/mol. The fraction of sp³-hybridized carbons (Fsp3) is 0.100. The Bertz CT molecular complexity index is 1190. The molecular weight excluding hydrogens is 421 g/mol. The smallest absolute Gasteiger partial charge is 0.365 e.